The van der Waals surface area contributed by atoms with E-state index in [0.29, 0.717) is 12.5 Å². The molecule has 126 valence electrons. The molecule has 23 heavy (non-hydrogen) atoms. The number of carbonyl (C=O) groups excluding carboxylic acids is 1. The molecule has 1 aromatic rings. The highest BCUT2D eigenvalue weighted by molar-refractivity contribution is 5.78. The van der Waals surface area contributed by atoms with E-state index < -0.39 is 0 Å². The van der Waals surface area contributed by atoms with E-state index in [-0.39, 0.29) is 11.4 Å². The molecule has 3 rings (SSSR count). The number of hydrogen-bond acceptors (Lipinski definition) is 3. The Morgan fingerprint density at radius 3 is 2.83 bits per heavy atom. The molecule has 0 bridgehead atoms. The third-order valence-corrected chi connectivity index (χ3v) is 5.32. The van der Waals surface area contributed by atoms with Gasteiger partial charge in [-0.1, -0.05) is 24.6 Å². The maximum Gasteiger partial charge on any atom is 0.222 e. The second-order valence-electron chi connectivity index (χ2n) is 7.15. The molecule has 0 aromatic heterocycles. The van der Waals surface area contributed by atoms with E-state index in [2.05, 4.69) is 23.3 Å². The van der Waals surface area contributed by atoms with Crippen LogP contribution in [-0.4, -0.2) is 43.1 Å². The van der Waals surface area contributed by atoms with E-state index in [9.17, 15) is 4.79 Å². The van der Waals surface area contributed by atoms with Gasteiger partial charge in [0, 0.05) is 18.0 Å². The smallest absolute Gasteiger partial charge is 0.222 e. The molecule has 1 heterocycles. The lowest BCUT2D eigenvalue weighted by Gasteiger charge is -2.32. The summed E-state index contributed by atoms with van der Waals surface area (Å²) in [6.45, 7) is 1.12. The van der Waals surface area contributed by atoms with Crippen molar-refractivity contribution in [3.05, 3.63) is 29.8 Å². The lowest BCUT2D eigenvalue weighted by molar-refractivity contribution is -0.123. The Kier molecular flexibility index (Phi) is 4.90. The summed E-state index contributed by atoms with van der Waals surface area (Å²) in [6.07, 6.45) is 7.27. The fourth-order valence-corrected chi connectivity index (χ4v) is 3.67. The zero-order valence-corrected chi connectivity index (χ0v) is 14.3. The van der Waals surface area contributed by atoms with Crippen LogP contribution in [0.2, 0.25) is 0 Å². The molecule has 2 aliphatic rings. The Morgan fingerprint density at radius 1 is 1.35 bits per heavy atom. The normalized spacial score (nSPS) is 23.3. The number of rotatable bonds is 6. The molecular weight excluding hydrogens is 288 g/mol. The SMILES string of the molecule is COc1ccccc1CC1(NC(=O)CC2CCCCN2C)CC1. The van der Waals surface area contributed by atoms with Crippen LogP contribution in [0.3, 0.4) is 0 Å². The number of nitrogens with one attached hydrogen (secondary N) is 1. The summed E-state index contributed by atoms with van der Waals surface area (Å²) in [7, 11) is 3.84. The van der Waals surface area contributed by atoms with Crippen LogP contribution in [0, 0.1) is 0 Å². The second kappa shape index (κ2) is 6.91. The van der Waals surface area contributed by atoms with E-state index in [4.69, 9.17) is 4.74 Å². The number of ether oxygens (including phenoxy) is 1. The number of nitrogens with zero attached hydrogens (tertiary/aromatic N) is 1. The third kappa shape index (κ3) is 4.05. The predicted octanol–water partition coefficient (Wildman–Crippen LogP) is 2.76. The van der Waals surface area contributed by atoms with Crippen molar-refractivity contribution < 1.29 is 9.53 Å². The number of para-hydroxylation sites is 1. The molecule has 1 aliphatic carbocycles. The first-order chi connectivity index (χ1) is 11.1. The largest absolute Gasteiger partial charge is 0.496 e. The first kappa shape index (κ1) is 16.3. The van der Waals surface area contributed by atoms with Gasteiger partial charge in [0.15, 0.2) is 0 Å². The molecule has 4 heteroatoms. The Hall–Kier alpha value is -1.55. The van der Waals surface area contributed by atoms with Crippen LogP contribution in [0.25, 0.3) is 0 Å². The summed E-state index contributed by atoms with van der Waals surface area (Å²) in [5, 5.41) is 3.31. The molecule has 1 aromatic carbocycles. The first-order valence-corrected chi connectivity index (χ1v) is 8.75. The lowest BCUT2D eigenvalue weighted by atomic mass is 9.98. The van der Waals surface area contributed by atoms with Crippen LogP contribution in [-0.2, 0) is 11.2 Å². The van der Waals surface area contributed by atoms with E-state index in [1.165, 1.54) is 18.4 Å². The van der Waals surface area contributed by atoms with Crippen molar-refractivity contribution in [1.82, 2.24) is 10.2 Å². The number of methoxy groups -OCH3 is 1. The van der Waals surface area contributed by atoms with Crippen molar-refractivity contribution in [2.75, 3.05) is 20.7 Å². The van der Waals surface area contributed by atoms with Crippen LogP contribution in [0.5, 0.6) is 5.75 Å². The lowest BCUT2D eigenvalue weighted by Crippen LogP contribution is -2.44. The predicted molar refractivity (Wildman–Crippen MR) is 91.7 cm³/mol. The zero-order chi connectivity index (χ0) is 16.3. The standard InChI is InChI=1S/C19H28N2O2/c1-21-12-6-5-8-16(21)13-18(22)20-19(10-11-19)14-15-7-3-4-9-17(15)23-2/h3-4,7,9,16H,5-6,8,10-14H2,1-2H3,(H,20,22). The van der Waals surface area contributed by atoms with Gasteiger partial charge in [-0.15, -0.1) is 0 Å². The third-order valence-electron chi connectivity index (χ3n) is 5.32. The Morgan fingerprint density at radius 2 is 2.13 bits per heavy atom. The van der Waals surface area contributed by atoms with Crippen LogP contribution < -0.4 is 10.1 Å². The second-order valence-corrected chi connectivity index (χ2v) is 7.15. The Labute approximate surface area is 139 Å². The van der Waals surface area contributed by atoms with Gasteiger partial charge in [0.2, 0.25) is 5.91 Å². The number of hydrogen-bond donors (Lipinski definition) is 1. The number of carbonyl (C=O) groups is 1. The zero-order valence-electron chi connectivity index (χ0n) is 14.3. The molecular formula is C19H28N2O2. The van der Waals surface area contributed by atoms with Gasteiger partial charge in [-0.05, 0) is 57.3 Å². The van der Waals surface area contributed by atoms with Gasteiger partial charge in [-0.2, -0.15) is 0 Å². The topological polar surface area (TPSA) is 41.6 Å². The summed E-state index contributed by atoms with van der Waals surface area (Å²) in [5.41, 5.74) is 1.14. The van der Waals surface area contributed by atoms with Gasteiger partial charge in [0.05, 0.1) is 7.11 Å². The molecule has 1 aliphatic heterocycles. The number of benzene rings is 1. The van der Waals surface area contributed by atoms with Gasteiger partial charge < -0.3 is 15.0 Å². The number of likely N-dealkylation sites (tertiary alicyclic amines) is 1. The molecule has 1 amide bonds. The molecule has 1 unspecified atom stereocenters. The quantitative estimate of drug-likeness (QED) is 0.877. The molecule has 2 fully saturated rings. The molecule has 0 spiro atoms. The highest BCUT2D eigenvalue weighted by atomic mass is 16.5. The highest BCUT2D eigenvalue weighted by Crippen LogP contribution is 2.40. The summed E-state index contributed by atoms with van der Waals surface area (Å²) in [6, 6.07) is 8.52. The number of piperidine rings is 1. The summed E-state index contributed by atoms with van der Waals surface area (Å²) < 4.78 is 5.44. The molecule has 0 radical (unpaired) electrons. The van der Waals surface area contributed by atoms with E-state index in [0.717, 1.165) is 38.0 Å². The molecule has 1 saturated heterocycles. The van der Waals surface area contributed by atoms with Crippen molar-refractivity contribution in [1.29, 1.82) is 0 Å². The minimum absolute atomic E-state index is 0.0427. The Bertz CT molecular complexity index is 554. The maximum atomic E-state index is 12.5. The minimum atomic E-state index is -0.0427. The van der Waals surface area contributed by atoms with Crippen molar-refractivity contribution in [3.63, 3.8) is 0 Å². The van der Waals surface area contributed by atoms with E-state index in [1.54, 1.807) is 7.11 Å². The van der Waals surface area contributed by atoms with Crippen molar-refractivity contribution in [3.8, 4) is 5.75 Å². The van der Waals surface area contributed by atoms with Gasteiger partial charge >= 0.3 is 0 Å². The molecule has 1 N–H and O–H groups in total. The minimum Gasteiger partial charge on any atom is -0.496 e. The van der Waals surface area contributed by atoms with Crippen molar-refractivity contribution >= 4 is 5.91 Å². The van der Waals surface area contributed by atoms with Crippen LogP contribution in [0.15, 0.2) is 24.3 Å². The average molecular weight is 316 g/mol. The summed E-state index contributed by atoms with van der Waals surface area (Å²) in [5.74, 6) is 1.12. The summed E-state index contributed by atoms with van der Waals surface area (Å²) >= 11 is 0. The highest BCUT2D eigenvalue weighted by Gasteiger charge is 2.44. The van der Waals surface area contributed by atoms with Crippen molar-refractivity contribution in [2.24, 2.45) is 0 Å². The van der Waals surface area contributed by atoms with Crippen molar-refractivity contribution in [2.45, 2.75) is 56.5 Å². The van der Waals surface area contributed by atoms with Gasteiger partial charge in [0.25, 0.3) is 0 Å². The fourth-order valence-electron chi connectivity index (χ4n) is 3.67. The van der Waals surface area contributed by atoms with Gasteiger partial charge in [-0.25, -0.2) is 0 Å². The molecule has 4 nitrogen and oxygen atoms in total. The molecule has 1 saturated carbocycles. The van der Waals surface area contributed by atoms with Gasteiger partial charge in [0.1, 0.15) is 5.75 Å². The van der Waals surface area contributed by atoms with E-state index in [1.807, 2.05) is 18.2 Å². The summed E-state index contributed by atoms with van der Waals surface area (Å²) in [4.78, 5) is 14.8. The van der Waals surface area contributed by atoms with E-state index >= 15 is 0 Å². The molecule has 1 atom stereocenters. The maximum absolute atomic E-state index is 12.5. The first-order valence-electron chi connectivity index (χ1n) is 8.75. The average Bonchev–Trinajstić information content (AvgIpc) is 3.29. The van der Waals surface area contributed by atoms with Crippen LogP contribution >= 0.6 is 0 Å². The number of amides is 1. The van der Waals surface area contributed by atoms with Crippen LogP contribution in [0.4, 0.5) is 0 Å². The van der Waals surface area contributed by atoms with Gasteiger partial charge in [-0.3, -0.25) is 4.79 Å². The Balaban J connectivity index is 1.57. The fraction of sp³-hybridized carbons (Fsp3) is 0.632. The van der Waals surface area contributed by atoms with Crippen LogP contribution in [0.1, 0.15) is 44.1 Å². The monoisotopic (exact) mass is 316 g/mol.